The Balaban J connectivity index is 1.44. The molecule has 116 valence electrons. The van der Waals surface area contributed by atoms with Crippen LogP contribution in [0.2, 0.25) is 0 Å². The molecule has 2 saturated carbocycles. The van der Waals surface area contributed by atoms with Gasteiger partial charge in [-0.2, -0.15) is 0 Å². The van der Waals surface area contributed by atoms with Gasteiger partial charge < -0.3 is 10.1 Å². The van der Waals surface area contributed by atoms with E-state index in [-0.39, 0.29) is 6.04 Å². The molecule has 0 aliphatic heterocycles. The van der Waals surface area contributed by atoms with Gasteiger partial charge in [-0.05, 0) is 55.9 Å². The van der Waals surface area contributed by atoms with E-state index in [2.05, 4.69) is 10.0 Å². The van der Waals surface area contributed by atoms with Crippen molar-refractivity contribution >= 4 is 15.7 Å². The summed E-state index contributed by atoms with van der Waals surface area (Å²) in [5.41, 5.74) is 0.912. The molecule has 0 aromatic heterocycles. The molecule has 0 bridgehead atoms. The number of anilines is 1. The molecule has 2 fully saturated rings. The zero-order chi connectivity index (χ0) is 14.7. The van der Waals surface area contributed by atoms with Crippen LogP contribution in [-0.2, 0) is 14.8 Å². The average Bonchev–Trinajstić information content (AvgIpc) is 3.34. The van der Waals surface area contributed by atoms with Crippen LogP contribution < -0.4 is 10.0 Å². The Morgan fingerprint density at radius 3 is 2.43 bits per heavy atom. The van der Waals surface area contributed by atoms with Crippen LogP contribution in [0.15, 0.2) is 29.2 Å². The van der Waals surface area contributed by atoms with E-state index in [0.29, 0.717) is 11.5 Å². The maximum absolute atomic E-state index is 12.0. The van der Waals surface area contributed by atoms with Crippen LogP contribution >= 0.6 is 0 Å². The van der Waals surface area contributed by atoms with Crippen molar-refractivity contribution in [2.45, 2.75) is 36.6 Å². The molecule has 0 spiro atoms. The number of hydrogen-bond donors (Lipinski definition) is 2. The van der Waals surface area contributed by atoms with Gasteiger partial charge in [-0.15, -0.1) is 0 Å². The fraction of sp³-hybridized carbons (Fsp3) is 0.600. The summed E-state index contributed by atoms with van der Waals surface area (Å²) in [6, 6.07) is 7.00. The third-order valence-electron chi connectivity index (χ3n) is 3.69. The summed E-state index contributed by atoms with van der Waals surface area (Å²) in [7, 11) is -3.35. The normalized spacial score (nSPS) is 18.7. The zero-order valence-corrected chi connectivity index (χ0v) is 12.9. The molecule has 1 aromatic rings. The lowest BCUT2D eigenvalue weighted by atomic mass is 10.3. The third-order valence-corrected chi connectivity index (χ3v) is 5.23. The van der Waals surface area contributed by atoms with Gasteiger partial charge in [0.25, 0.3) is 0 Å². The van der Waals surface area contributed by atoms with Crippen molar-refractivity contribution in [3.63, 3.8) is 0 Å². The SMILES string of the molecule is O=S(=O)(NC1CC1)c1ccc(NCCOCC2CC2)cc1. The summed E-state index contributed by atoms with van der Waals surface area (Å²) in [5, 5.41) is 3.23. The van der Waals surface area contributed by atoms with E-state index in [1.54, 1.807) is 24.3 Å². The van der Waals surface area contributed by atoms with Crippen LogP contribution in [0.5, 0.6) is 0 Å². The number of benzene rings is 1. The Bertz CT molecular complexity index is 563. The van der Waals surface area contributed by atoms with E-state index in [9.17, 15) is 8.42 Å². The Kier molecular flexibility index (Phi) is 4.47. The first kappa shape index (κ1) is 14.8. The zero-order valence-electron chi connectivity index (χ0n) is 12.0. The monoisotopic (exact) mass is 310 g/mol. The van der Waals surface area contributed by atoms with E-state index in [0.717, 1.165) is 37.6 Å². The fourth-order valence-electron chi connectivity index (χ4n) is 2.04. The molecule has 6 heteroatoms. The van der Waals surface area contributed by atoms with Gasteiger partial charge in [-0.3, -0.25) is 0 Å². The summed E-state index contributed by atoms with van der Waals surface area (Å²) in [4.78, 5) is 0.324. The molecule has 5 nitrogen and oxygen atoms in total. The van der Waals surface area contributed by atoms with Gasteiger partial charge in [-0.25, -0.2) is 13.1 Å². The summed E-state index contributed by atoms with van der Waals surface area (Å²) in [6.07, 6.45) is 4.50. The topological polar surface area (TPSA) is 67.4 Å². The van der Waals surface area contributed by atoms with E-state index >= 15 is 0 Å². The highest BCUT2D eigenvalue weighted by molar-refractivity contribution is 7.89. The second-order valence-electron chi connectivity index (χ2n) is 5.87. The first-order chi connectivity index (χ1) is 10.1. The molecule has 0 radical (unpaired) electrons. The Labute approximate surface area is 126 Å². The van der Waals surface area contributed by atoms with Gasteiger partial charge in [-0.1, -0.05) is 0 Å². The first-order valence-corrected chi connectivity index (χ1v) is 9.06. The number of nitrogens with one attached hydrogen (secondary N) is 2. The van der Waals surface area contributed by atoms with Gasteiger partial charge in [0.15, 0.2) is 0 Å². The van der Waals surface area contributed by atoms with E-state index < -0.39 is 10.0 Å². The van der Waals surface area contributed by atoms with Crippen molar-refractivity contribution in [2.75, 3.05) is 25.1 Å². The van der Waals surface area contributed by atoms with E-state index in [4.69, 9.17) is 4.74 Å². The Morgan fingerprint density at radius 1 is 1.10 bits per heavy atom. The minimum atomic E-state index is -3.35. The first-order valence-electron chi connectivity index (χ1n) is 7.57. The fourth-order valence-corrected chi connectivity index (χ4v) is 3.35. The predicted molar refractivity (Wildman–Crippen MR) is 81.8 cm³/mol. The summed E-state index contributed by atoms with van der Waals surface area (Å²) >= 11 is 0. The summed E-state index contributed by atoms with van der Waals surface area (Å²) < 4.78 is 32.2. The van der Waals surface area contributed by atoms with Crippen LogP contribution in [0.3, 0.4) is 0 Å². The lowest BCUT2D eigenvalue weighted by Crippen LogP contribution is -2.25. The van der Waals surface area contributed by atoms with Crippen LogP contribution in [-0.4, -0.2) is 34.2 Å². The maximum atomic E-state index is 12.0. The average molecular weight is 310 g/mol. The summed E-state index contributed by atoms with van der Waals surface area (Å²) in [5.74, 6) is 0.786. The van der Waals surface area contributed by atoms with Crippen molar-refractivity contribution in [2.24, 2.45) is 5.92 Å². The highest BCUT2D eigenvalue weighted by Gasteiger charge is 2.27. The smallest absolute Gasteiger partial charge is 0.240 e. The minimum absolute atomic E-state index is 0.136. The molecule has 2 aliphatic rings. The van der Waals surface area contributed by atoms with Crippen LogP contribution in [0, 0.1) is 5.92 Å². The molecule has 3 rings (SSSR count). The predicted octanol–water partition coefficient (Wildman–Crippen LogP) is 1.97. The van der Waals surface area contributed by atoms with Crippen molar-refractivity contribution in [1.82, 2.24) is 4.72 Å². The van der Waals surface area contributed by atoms with Crippen molar-refractivity contribution < 1.29 is 13.2 Å². The molecule has 0 heterocycles. The maximum Gasteiger partial charge on any atom is 0.240 e. The van der Waals surface area contributed by atoms with Gasteiger partial charge in [0.2, 0.25) is 10.0 Å². The largest absolute Gasteiger partial charge is 0.383 e. The lowest BCUT2D eigenvalue weighted by molar-refractivity contribution is 0.134. The highest BCUT2D eigenvalue weighted by Crippen LogP contribution is 2.28. The van der Waals surface area contributed by atoms with Gasteiger partial charge in [0.05, 0.1) is 11.5 Å². The number of hydrogen-bond acceptors (Lipinski definition) is 4. The highest BCUT2D eigenvalue weighted by atomic mass is 32.2. The quantitative estimate of drug-likeness (QED) is 0.684. The van der Waals surface area contributed by atoms with Crippen molar-refractivity contribution in [1.29, 1.82) is 0 Å². The van der Waals surface area contributed by atoms with Gasteiger partial charge >= 0.3 is 0 Å². The van der Waals surface area contributed by atoms with Gasteiger partial charge in [0, 0.05) is 24.9 Å². The molecule has 2 N–H and O–H groups in total. The number of rotatable bonds is 9. The second kappa shape index (κ2) is 6.34. The van der Waals surface area contributed by atoms with Crippen LogP contribution in [0.4, 0.5) is 5.69 Å². The molecule has 0 saturated heterocycles. The molecule has 1 aromatic carbocycles. The Morgan fingerprint density at radius 2 is 1.81 bits per heavy atom. The standard InChI is InChI=1S/C15H22N2O3S/c18-21(19,17-14-3-4-14)15-7-5-13(6-8-15)16-9-10-20-11-12-1-2-12/h5-8,12,14,16-17H,1-4,9-11H2. The molecule has 0 atom stereocenters. The molecular formula is C15H22N2O3S. The van der Waals surface area contributed by atoms with Crippen LogP contribution in [0.25, 0.3) is 0 Å². The molecule has 21 heavy (non-hydrogen) atoms. The molecule has 0 unspecified atom stereocenters. The Hall–Kier alpha value is -1.11. The number of sulfonamides is 1. The van der Waals surface area contributed by atoms with E-state index in [1.807, 2.05) is 0 Å². The number of ether oxygens (including phenoxy) is 1. The second-order valence-corrected chi connectivity index (χ2v) is 7.58. The van der Waals surface area contributed by atoms with E-state index in [1.165, 1.54) is 12.8 Å². The summed E-state index contributed by atoms with van der Waals surface area (Å²) in [6.45, 7) is 2.28. The van der Waals surface area contributed by atoms with Crippen molar-refractivity contribution in [3.05, 3.63) is 24.3 Å². The molecule has 0 amide bonds. The van der Waals surface area contributed by atoms with Crippen molar-refractivity contribution in [3.8, 4) is 0 Å². The van der Waals surface area contributed by atoms with Gasteiger partial charge in [0.1, 0.15) is 0 Å². The third kappa shape index (κ3) is 4.69. The molecular weight excluding hydrogens is 288 g/mol. The molecule has 2 aliphatic carbocycles. The lowest BCUT2D eigenvalue weighted by Gasteiger charge is -2.09. The van der Waals surface area contributed by atoms with Crippen LogP contribution in [0.1, 0.15) is 25.7 Å². The minimum Gasteiger partial charge on any atom is -0.383 e.